The lowest BCUT2D eigenvalue weighted by atomic mass is 9.98. The monoisotopic (exact) mass is 223 g/mol. The summed E-state index contributed by atoms with van der Waals surface area (Å²) in [6.07, 6.45) is 6.17. The third-order valence-corrected chi connectivity index (χ3v) is 3.44. The van der Waals surface area contributed by atoms with Crippen molar-refractivity contribution in [1.82, 2.24) is 15.1 Å². The minimum absolute atomic E-state index is 0.176. The van der Waals surface area contributed by atoms with Gasteiger partial charge in [-0.2, -0.15) is 5.10 Å². The lowest BCUT2D eigenvalue weighted by molar-refractivity contribution is -0.148. The predicted octanol–water partition coefficient (Wildman–Crippen LogP) is 0.739. The SMILES string of the molecule is CNC1(C(=O)OC)CCC(n2cccn2)C1. The van der Waals surface area contributed by atoms with Crippen molar-refractivity contribution < 1.29 is 9.53 Å². The van der Waals surface area contributed by atoms with Crippen molar-refractivity contribution in [2.75, 3.05) is 14.2 Å². The van der Waals surface area contributed by atoms with Crippen LogP contribution in [0.3, 0.4) is 0 Å². The van der Waals surface area contributed by atoms with Crippen molar-refractivity contribution in [3.05, 3.63) is 18.5 Å². The molecule has 2 unspecified atom stereocenters. The Kier molecular flexibility index (Phi) is 2.96. The quantitative estimate of drug-likeness (QED) is 0.768. The number of rotatable bonds is 3. The number of hydrogen-bond acceptors (Lipinski definition) is 4. The molecule has 2 rings (SSSR count). The molecule has 16 heavy (non-hydrogen) atoms. The van der Waals surface area contributed by atoms with Gasteiger partial charge in [0, 0.05) is 12.4 Å². The van der Waals surface area contributed by atoms with E-state index in [2.05, 4.69) is 10.4 Å². The summed E-state index contributed by atoms with van der Waals surface area (Å²) in [6.45, 7) is 0. The summed E-state index contributed by atoms with van der Waals surface area (Å²) >= 11 is 0. The van der Waals surface area contributed by atoms with Crippen LogP contribution in [0.2, 0.25) is 0 Å². The van der Waals surface area contributed by atoms with Crippen molar-refractivity contribution in [1.29, 1.82) is 0 Å². The summed E-state index contributed by atoms with van der Waals surface area (Å²) in [4.78, 5) is 11.8. The molecular formula is C11H17N3O2. The molecule has 2 atom stereocenters. The smallest absolute Gasteiger partial charge is 0.326 e. The van der Waals surface area contributed by atoms with E-state index in [9.17, 15) is 4.79 Å². The second-order valence-electron chi connectivity index (χ2n) is 4.21. The van der Waals surface area contributed by atoms with Gasteiger partial charge in [0.1, 0.15) is 5.54 Å². The summed E-state index contributed by atoms with van der Waals surface area (Å²) in [7, 11) is 3.24. The first-order chi connectivity index (χ1) is 7.72. The zero-order valence-corrected chi connectivity index (χ0v) is 9.64. The second-order valence-corrected chi connectivity index (χ2v) is 4.21. The van der Waals surface area contributed by atoms with Gasteiger partial charge in [0.15, 0.2) is 0 Å². The highest BCUT2D eigenvalue weighted by molar-refractivity contribution is 5.81. The predicted molar refractivity (Wildman–Crippen MR) is 58.9 cm³/mol. The largest absolute Gasteiger partial charge is 0.468 e. The molecule has 88 valence electrons. The Bertz CT molecular complexity index is 363. The Morgan fingerprint density at radius 3 is 3.06 bits per heavy atom. The molecule has 1 aliphatic carbocycles. The molecule has 1 fully saturated rings. The van der Waals surface area contributed by atoms with Crippen LogP contribution in [0.25, 0.3) is 0 Å². The van der Waals surface area contributed by atoms with E-state index >= 15 is 0 Å². The summed E-state index contributed by atoms with van der Waals surface area (Å²) in [5.41, 5.74) is -0.536. The Labute approximate surface area is 94.8 Å². The van der Waals surface area contributed by atoms with Crippen LogP contribution in [0.5, 0.6) is 0 Å². The molecule has 5 nitrogen and oxygen atoms in total. The first-order valence-corrected chi connectivity index (χ1v) is 5.48. The number of nitrogens with zero attached hydrogens (tertiary/aromatic N) is 2. The molecule has 0 amide bonds. The molecule has 1 aromatic rings. The summed E-state index contributed by atoms with van der Waals surface area (Å²) in [5.74, 6) is -0.176. The van der Waals surface area contributed by atoms with Crippen LogP contribution in [0.1, 0.15) is 25.3 Å². The van der Waals surface area contributed by atoms with E-state index in [0.717, 1.165) is 19.3 Å². The fourth-order valence-corrected chi connectivity index (χ4v) is 2.45. The average molecular weight is 223 g/mol. The summed E-state index contributed by atoms with van der Waals surface area (Å²) < 4.78 is 6.78. The topological polar surface area (TPSA) is 56.1 Å². The molecular weight excluding hydrogens is 206 g/mol. The third kappa shape index (κ3) is 1.71. The van der Waals surface area contributed by atoms with E-state index in [1.807, 2.05) is 24.0 Å². The van der Waals surface area contributed by atoms with Gasteiger partial charge in [0.25, 0.3) is 0 Å². The molecule has 0 saturated heterocycles. The Balaban J connectivity index is 2.14. The van der Waals surface area contributed by atoms with Gasteiger partial charge in [0.05, 0.1) is 13.2 Å². The van der Waals surface area contributed by atoms with Gasteiger partial charge in [-0.25, -0.2) is 0 Å². The molecule has 0 aliphatic heterocycles. The highest BCUT2D eigenvalue weighted by Gasteiger charge is 2.45. The van der Waals surface area contributed by atoms with Gasteiger partial charge in [-0.3, -0.25) is 9.48 Å². The number of methoxy groups -OCH3 is 1. The Hall–Kier alpha value is -1.36. The van der Waals surface area contributed by atoms with Crippen molar-refractivity contribution in [2.24, 2.45) is 0 Å². The maximum Gasteiger partial charge on any atom is 0.326 e. The highest BCUT2D eigenvalue weighted by Crippen LogP contribution is 2.37. The second kappa shape index (κ2) is 4.25. The summed E-state index contributed by atoms with van der Waals surface area (Å²) in [5, 5.41) is 7.32. The van der Waals surface area contributed by atoms with Crippen molar-refractivity contribution in [2.45, 2.75) is 30.8 Å². The first kappa shape index (κ1) is 11.1. The molecule has 1 N–H and O–H groups in total. The molecule has 0 spiro atoms. The zero-order valence-electron chi connectivity index (χ0n) is 9.64. The van der Waals surface area contributed by atoms with Gasteiger partial charge in [-0.1, -0.05) is 0 Å². The highest BCUT2D eigenvalue weighted by atomic mass is 16.5. The maximum atomic E-state index is 11.8. The van der Waals surface area contributed by atoms with Gasteiger partial charge in [0.2, 0.25) is 0 Å². The minimum Gasteiger partial charge on any atom is -0.468 e. The molecule has 0 radical (unpaired) electrons. The van der Waals surface area contributed by atoms with Crippen LogP contribution in [0, 0.1) is 0 Å². The van der Waals surface area contributed by atoms with E-state index in [0.29, 0.717) is 0 Å². The van der Waals surface area contributed by atoms with E-state index in [4.69, 9.17) is 4.74 Å². The first-order valence-electron chi connectivity index (χ1n) is 5.48. The Morgan fingerprint density at radius 1 is 1.69 bits per heavy atom. The van der Waals surface area contributed by atoms with E-state index < -0.39 is 5.54 Å². The van der Waals surface area contributed by atoms with Gasteiger partial charge in [-0.15, -0.1) is 0 Å². The van der Waals surface area contributed by atoms with Crippen LogP contribution < -0.4 is 5.32 Å². The number of nitrogens with one attached hydrogen (secondary N) is 1. The van der Waals surface area contributed by atoms with E-state index in [1.54, 1.807) is 6.20 Å². The molecule has 1 heterocycles. The van der Waals surface area contributed by atoms with E-state index in [1.165, 1.54) is 7.11 Å². The standard InChI is InChI=1S/C11H17N3O2/c1-12-11(10(15)16-2)5-4-9(8-11)14-7-3-6-13-14/h3,6-7,9,12H,4-5,8H2,1-2H3. The van der Waals surface area contributed by atoms with Crippen LogP contribution >= 0.6 is 0 Å². The number of ether oxygens (including phenoxy) is 1. The lowest BCUT2D eigenvalue weighted by Crippen LogP contribution is -2.49. The number of aromatic nitrogens is 2. The lowest BCUT2D eigenvalue weighted by Gasteiger charge is -2.25. The van der Waals surface area contributed by atoms with Gasteiger partial charge < -0.3 is 10.1 Å². The minimum atomic E-state index is -0.536. The average Bonchev–Trinajstić information content (AvgIpc) is 2.96. The number of hydrogen-bond donors (Lipinski definition) is 1. The van der Waals surface area contributed by atoms with Gasteiger partial charge >= 0.3 is 5.97 Å². The maximum absolute atomic E-state index is 11.8. The van der Waals surface area contributed by atoms with Crippen molar-refractivity contribution in [3.63, 3.8) is 0 Å². The fraction of sp³-hybridized carbons (Fsp3) is 0.636. The Morgan fingerprint density at radius 2 is 2.50 bits per heavy atom. The van der Waals surface area contributed by atoms with Gasteiger partial charge in [-0.05, 0) is 32.4 Å². The molecule has 1 aromatic heterocycles. The number of carbonyl (C=O) groups is 1. The third-order valence-electron chi connectivity index (χ3n) is 3.44. The molecule has 5 heteroatoms. The summed E-state index contributed by atoms with van der Waals surface area (Å²) in [6, 6.07) is 2.18. The van der Waals surface area contributed by atoms with Crippen LogP contribution in [0.15, 0.2) is 18.5 Å². The van der Waals surface area contributed by atoms with Crippen LogP contribution in [-0.4, -0.2) is 35.4 Å². The van der Waals surface area contributed by atoms with Crippen molar-refractivity contribution >= 4 is 5.97 Å². The number of esters is 1. The molecule has 1 saturated carbocycles. The molecule has 0 aromatic carbocycles. The number of likely N-dealkylation sites (N-methyl/N-ethyl adjacent to an activating group) is 1. The molecule has 0 bridgehead atoms. The van der Waals surface area contributed by atoms with Crippen LogP contribution in [0.4, 0.5) is 0 Å². The fourth-order valence-electron chi connectivity index (χ4n) is 2.45. The van der Waals surface area contributed by atoms with E-state index in [-0.39, 0.29) is 12.0 Å². The number of carbonyl (C=O) groups excluding carboxylic acids is 1. The molecule has 1 aliphatic rings. The van der Waals surface area contributed by atoms with Crippen LogP contribution in [-0.2, 0) is 9.53 Å². The normalized spacial score (nSPS) is 29.2. The van der Waals surface area contributed by atoms with Crippen molar-refractivity contribution in [3.8, 4) is 0 Å². The zero-order chi connectivity index (χ0) is 11.6.